The van der Waals surface area contributed by atoms with Gasteiger partial charge in [0.25, 0.3) is 0 Å². The van der Waals surface area contributed by atoms with Crippen molar-refractivity contribution in [2.75, 3.05) is 24.8 Å². The van der Waals surface area contributed by atoms with Gasteiger partial charge in [-0.25, -0.2) is 0 Å². The SMILES string of the molecule is N[C@H]1Cc2cc(CNC3CCOCC3)ccc2N(O)C1. The van der Waals surface area contributed by atoms with Gasteiger partial charge >= 0.3 is 0 Å². The normalized spacial score (nSPS) is 23.7. The lowest BCUT2D eigenvalue weighted by atomic mass is 9.97. The molecule has 2 aliphatic heterocycles. The van der Waals surface area contributed by atoms with E-state index in [9.17, 15) is 5.21 Å². The third-order valence-electron chi connectivity index (χ3n) is 4.13. The number of nitrogens with zero attached hydrogens (tertiary/aromatic N) is 1. The van der Waals surface area contributed by atoms with Crippen molar-refractivity contribution >= 4 is 5.69 Å². The van der Waals surface area contributed by atoms with Gasteiger partial charge < -0.3 is 15.8 Å². The van der Waals surface area contributed by atoms with E-state index in [1.54, 1.807) is 0 Å². The maximum Gasteiger partial charge on any atom is 0.0667 e. The molecule has 3 rings (SSSR count). The molecule has 0 aromatic heterocycles. The van der Waals surface area contributed by atoms with Crippen LogP contribution in [0.4, 0.5) is 5.69 Å². The molecule has 5 nitrogen and oxygen atoms in total. The van der Waals surface area contributed by atoms with Crippen molar-refractivity contribution in [2.24, 2.45) is 5.73 Å². The smallest absolute Gasteiger partial charge is 0.0667 e. The van der Waals surface area contributed by atoms with Crippen molar-refractivity contribution in [1.29, 1.82) is 0 Å². The largest absolute Gasteiger partial charge is 0.381 e. The van der Waals surface area contributed by atoms with Gasteiger partial charge in [0.1, 0.15) is 0 Å². The minimum atomic E-state index is 0.00574. The lowest BCUT2D eigenvalue weighted by Gasteiger charge is -2.30. The first kappa shape index (κ1) is 13.8. The van der Waals surface area contributed by atoms with E-state index in [1.165, 1.54) is 10.6 Å². The molecule has 2 heterocycles. The molecule has 1 fully saturated rings. The summed E-state index contributed by atoms with van der Waals surface area (Å²) in [6.07, 6.45) is 3.00. The molecule has 0 amide bonds. The zero-order valence-electron chi connectivity index (χ0n) is 11.7. The molecule has 20 heavy (non-hydrogen) atoms. The summed E-state index contributed by atoms with van der Waals surface area (Å²) in [7, 11) is 0. The average Bonchev–Trinajstić information content (AvgIpc) is 2.45. The molecular formula is C15H23N3O2. The summed E-state index contributed by atoms with van der Waals surface area (Å²) in [6, 6.07) is 6.78. The van der Waals surface area contributed by atoms with Gasteiger partial charge in [0.05, 0.1) is 12.2 Å². The minimum absolute atomic E-state index is 0.00574. The van der Waals surface area contributed by atoms with Crippen molar-refractivity contribution in [3.63, 3.8) is 0 Å². The summed E-state index contributed by atoms with van der Waals surface area (Å²) in [6.45, 7) is 3.08. The molecule has 0 radical (unpaired) electrons. The maximum atomic E-state index is 9.88. The number of benzene rings is 1. The second-order valence-corrected chi connectivity index (χ2v) is 5.78. The summed E-state index contributed by atoms with van der Waals surface area (Å²) in [5, 5.41) is 14.7. The summed E-state index contributed by atoms with van der Waals surface area (Å²) in [4.78, 5) is 0. The molecule has 5 heteroatoms. The number of fused-ring (bicyclic) bond motifs is 1. The van der Waals surface area contributed by atoms with Gasteiger partial charge in [-0.3, -0.25) is 10.3 Å². The van der Waals surface area contributed by atoms with Gasteiger partial charge in [0, 0.05) is 31.8 Å². The number of nitrogens with one attached hydrogen (secondary N) is 1. The molecule has 0 saturated carbocycles. The van der Waals surface area contributed by atoms with Gasteiger partial charge in [-0.05, 0) is 36.5 Å². The van der Waals surface area contributed by atoms with Gasteiger partial charge in [-0.15, -0.1) is 0 Å². The zero-order chi connectivity index (χ0) is 13.9. The highest BCUT2D eigenvalue weighted by atomic mass is 16.5. The van der Waals surface area contributed by atoms with Crippen LogP contribution in [0.3, 0.4) is 0 Å². The Hall–Kier alpha value is -1.14. The van der Waals surface area contributed by atoms with Gasteiger partial charge in [0.15, 0.2) is 0 Å². The molecule has 0 spiro atoms. The maximum absolute atomic E-state index is 9.88. The third kappa shape index (κ3) is 3.12. The number of ether oxygens (including phenoxy) is 1. The van der Waals surface area contributed by atoms with Crippen LogP contribution in [0.15, 0.2) is 18.2 Å². The van der Waals surface area contributed by atoms with Crippen LogP contribution in [0.1, 0.15) is 24.0 Å². The number of hydroxylamine groups is 1. The molecule has 0 aliphatic carbocycles. The van der Waals surface area contributed by atoms with E-state index in [0.717, 1.165) is 50.3 Å². The Kier molecular flexibility index (Phi) is 4.21. The number of rotatable bonds is 3. The molecule has 0 unspecified atom stereocenters. The Labute approximate surface area is 119 Å². The van der Waals surface area contributed by atoms with Crippen molar-refractivity contribution in [1.82, 2.24) is 5.32 Å². The summed E-state index contributed by atoms with van der Waals surface area (Å²) in [5.74, 6) is 0. The van der Waals surface area contributed by atoms with E-state index in [4.69, 9.17) is 10.5 Å². The standard InChI is InChI=1S/C15H23N3O2/c16-13-8-12-7-11(1-2-15(12)18(19)10-13)9-17-14-3-5-20-6-4-14/h1-2,7,13-14,17,19H,3-6,8-10,16H2/t13-/m0/s1. The predicted octanol–water partition coefficient (Wildman–Crippen LogP) is 1.03. The lowest BCUT2D eigenvalue weighted by molar-refractivity contribution is 0.0776. The second kappa shape index (κ2) is 6.10. The lowest BCUT2D eigenvalue weighted by Crippen LogP contribution is -2.41. The van der Waals surface area contributed by atoms with Crippen LogP contribution < -0.4 is 16.1 Å². The van der Waals surface area contributed by atoms with Crippen molar-refractivity contribution in [2.45, 2.75) is 37.9 Å². The quantitative estimate of drug-likeness (QED) is 0.770. The fourth-order valence-corrected chi connectivity index (χ4v) is 3.00. The number of nitrogens with two attached hydrogens (primary N) is 1. The van der Waals surface area contributed by atoms with Crippen LogP contribution in [0.2, 0.25) is 0 Å². The number of anilines is 1. The first-order valence-electron chi connectivity index (χ1n) is 7.37. The van der Waals surface area contributed by atoms with Crippen LogP contribution in [-0.4, -0.2) is 37.0 Å². The highest BCUT2D eigenvalue weighted by molar-refractivity contribution is 5.55. The van der Waals surface area contributed by atoms with E-state index < -0.39 is 0 Å². The van der Waals surface area contributed by atoms with E-state index in [-0.39, 0.29) is 6.04 Å². The van der Waals surface area contributed by atoms with Gasteiger partial charge in [0.2, 0.25) is 0 Å². The number of hydrogen-bond acceptors (Lipinski definition) is 5. The summed E-state index contributed by atoms with van der Waals surface area (Å²) in [5.41, 5.74) is 9.22. The monoisotopic (exact) mass is 277 g/mol. The molecule has 1 saturated heterocycles. The molecule has 4 N–H and O–H groups in total. The fraction of sp³-hybridized carbons (Fsp3) is 0.600. The summed E-state index contributed by atoms with van der Waals surface area (Å²) >= 11 is 0. The van der Waals surface area contributed by atoms with Gasteiger partial charge in [-0.2, -0.15) is 0 Å². The van der Waals surface area contributed by atoms with Gasteiger partial charge in [-0.1, -0.05) is 12.1 Å². The topological polar surface area (TPSA) is 70.8 Å². The Balaban J connectivity index is 1.64. The molecule has 0 bridgehead atoms. The van der Waals surface area contributed by atoms with Crippen LogP contribution in [-0.2, 0) is 17.7 Å². The molecule has 110 valence electrons. The average molecular weight is 277 g/mol. The Morgan fingerprint density at radius 1 is 1.35 bits per heavy atom. The first-order valence-corrected chi connectivity index (χ1v) is 7.37. The molecular weight excluding hydrogens is 254 g/mol. The van der Waals surface area contributed by atoms with Crippen LogP contribution in [0, 0.1) is 0 Å². The van der Waals surface area contributed by atoms with Crippen molar-refractivity contribution in [3.05, 3.63) is 29.3 Å². The zero-order valence-corrected chi connectivity index (χ0v) is 11.7. The molecule has 2 aliphatic rings. The molecule has 1 atom stereocenters. The van der Waals surface area contributed by atoms with Crippen LogP contribution in [0.25, 0.3) is 0 Å². The van der Waals surface area contributed by atoms with E-state index >= 15 is 0 Å². The minimum Gasteiger partial charge on any atom is -0.381 e. The summed E-state index contributed by atoms with van der Waals surface area (Å²) < 4.78 is 5.36. The predicted molar refractivity (Wildman–Crippen MR) is 77.9 cm³/mol. The van der Waals surface area contributed by atoms with Crippen molar-refractivity contribution < 1.29 is 9.94 Å². The van der Waals surface area contributed by atoms with Crippen LogP contribution >= 0.6 is 0 Å². The highest BCUT2D eigenvalue weighted by Gasteiger charge is 2.21. The molecule has 1 aromatic rings. The third-order valence-corrected chi connectivity index (χ3v) is 4.13. The Morgan fingerprint density at radius 2 is 2.15 bits per heavy atom. The number of hydrogen-bond donors (Lipinski definition) is 3. The Morgan fingerprint density at radius 3 is 2.95 bits per heavy atom. The van der Waals surface area contributed by atoms with E-state index in [2.05, 4.69) is 17.4 Å². The first-order chi connectivity index (χ1) is 9.72. The fourth-order valence-electron chi connectivity index (χ4n) is 3.00. The second-order valence-electron chi connectivity index (χ2n) is 5.78. The van der Waals surface area contributed by atoms with Crippen LogP contribution in [0.5, 0.6) is 0 Å². The van der Waals surface area contributed by atoms with Crippen molar-refractivity contribution in [3.8, 4) is 0 Å². The molecule has 1 aromatic carbocycles. The van der Waals surface area contributed by atoms with E-state index in [1.807, 2.05) is 6.07 Å². The Bertz CT molecular complexity index is 460. The highest BCUT2D eigenvalue weighted by Crippen LogP contribution is 2.26. The van der Waals surface area contributed by atoms with E-state index in [0.29, 0.717) is 12.6 Å².